The largest absolute Gasteiger partial charge is 0.453 e. The zero-order chi connectivity index (χ0) is 13.0. The van der Waals surface area contributed by atoms with Crippen LogP contribution in [0, 0.1) is 11.8 Å². The molecule has 0 aromatic heterocycles. The lowest BCUT2D eigenvalue weighted by atomic mass is 10.0. The third-order valence-electron chi connectivity index (χ3n) is 3.13. The fourth-order valence-corrected chi connectivity index (χ4v) is 2.03. The molecule has 1 rings (SSSR count). The van der Waals surface area contributed by atoms with E-state index in [0.717, 1.165) is 19.5 Å². The van der Waals surface area contributed by atoms with Gasteiger partial charge in [0.2, 0.25) is 5.91 Å². The average molecular weight is 242 g/mol. The first kappa shape index (κ1) is 13.8. The zero-order valence-electron chi connectivity index (χ0n) is 11.0. The Morgan fingerprint density at radius 2 is 2.06 bits per heavy atom. The Morgan fingerprint density at radius 3 is 2.47 bits per heavy atom. The van der Waals surface area contributed by atoms with Crippen molar-refractivity contribution >= 4 is 12.0 Å². The van der Waals surface area contributed by atoms with Gasteiger partial charge in [-0.15, -0.1) is 0 Å². The SMILES string of the molecule is COC(=O)NC(C(=O)N1CC[C@H](C)C1)C(C)C. The van der Waals surface area contributed by atoms with Crippen molar-refractivity contribution in [1.29, 1.82) is 0 Å². The van der Waals surface area contributed by atoms with E-state index < -0.39 is 12.1 Å². The molecule has 1 aliphatic rings. The van der Waals surface area contributed by atoms with Gasteiger partial charge in [-0.1, -0.05) is 20.8 Å². The van der Waals surface area contributed by atoms with Crippen LogP contribution in [0.3, 0.4) is 0 Å². The van der Waals surface area contributed by atoms with Gasteiger partial charge in [0.1, 0.15) is 6.04 Å². The van der Waals surface area contributed by atoms with Crippen LogP contribution in [0.25, 0.3) is 0 Å². The van der Waals surface area contributed by atoms with Crippen LogP contribution in [0.15, 0.2) is 0 Å². The second kappa shape index (κ2) is 5.89. The van der Waals surface area contributed by atoms with Crippen molar-refractivity contribution in [3.8, 4) is 0 Å². The van der Waals surface area contributed by atoms with Gasteiger partial charge in [-0.25, -0.2) is 4.79 Å². The summed E-state index contributed by atoms with van der Waals surface area (Å²) in [6, 6.07) is -0.493. The molecule has 1 heterocycles. The number of amides is 2. The number of likely N-dealkylation sites (tertiary alicyclic amines) is 1. The molecule has 5 heteroatoms. The lowest BCUT2D eigenvalue weighted by Gasteiger charge is -2.26. The maximum atomic E-state index is 12.2. The highest BCUT2D eigenvalue weighted by atomic mass is 16.5. The molecule has 1 N–H and O–H groups in total. The second-order valence-corrected chi connectivity index (χ2v) is 5.04. The van der Waals surface area contributed by atoms with E-state index in [0.29, 0.717) is 5.92 Å². The molecular weight excluding hydrogens is 220 g/mol. The van der Waals surface area contributed by atoms with E-state index in [-0.39, 0.29) is 11.8 Å². The molecule has 98 valence electrons. The number of nitrogens with one attached hydrogen (secondary N) is 1. The third-order valence-corrected chi connectivity index (χ3v) is 3.13. The molecule has 0 aliphatic carbocycles. The summed E-state index contributed by atoms with van der Waals surface area (Å²) < 4.78 is 4.54. The van der Waals surface area contributed by atoms with Gasteiger partial charge in [0.15, 0.2) is 0 Å². The van der Waals surface area contributed by atoms with Crippen molar-refractivity contribution in [1.82, 2.24) is 10.2 Å². The number of rotatable bonds is 3. The third kappa shape index (κ3) is 3.61. The number of nitrogens with zero attached hydrogens (tertiary/aromatic N) is 1. The summed E-state index contributed by atoms with van der Waals surface area (Å²) in [5.74, 6) is 0.595. The number of ether oxygens (including phenoxy) is 1. The minimum absolute atomic E-state index is 0.00486. The molecular formula is C12H22N2O3. The van der Waals surface area contributed by atoms with E-state index in [1.165, 1.54) is 7.11 Å². The first-order chi connectivity index (χ1) is 7.95. The molecule has 0 radical (unpaired) electrons. The Morgan fingerprint density at radius 1 is 1.41 bits per heavy atom. The summed E-state index contributed by atoms with van der Waals surface area (Å²) in [7, 11) is 1.30. The van der Waals surface area contributed by atoms with Crippen LogP contribution in [0.1, 0.15) is 27.2 Å². The first-order valence-electron chi connectivity index (χ1n) is 6.09. The molecule has 2 atom stereocenters. The van der Waals surface area contributed by atoms with E-state index >= 15 is 0 Å². The van der Waals surface area contributed by atoms with Gasteiger partial charge in [-0.2, -0.15) is 0 Å². The lowest BCUT2D eigenvalue weighted by Crippen LogP contribution is -2.50. The van der Waals surface area contributed by atoms with Gasteiger partial charge in [0.05, 0.1) is 7.11 Å². The monoisotopic (exact) mass is 242 g/mol. The summed E-state index contributed by atoms with van der Waals surface area (Å²) in [5.41, 5.74) is 0. The first-order valence-corrected chi connectivity index (χ1v) is 6.09. The summed E-state index contributed by atoms with van der Waals surface area (Å²) >= 11 is 0. The number of carbonyl (C=O) groups is 2. The molecule has 1 fully saturated rings. The van der Waals surface area contributed by atoms with Gasteiger partial charge < -0.3 is 15.0 Å². The highest BCUT2D eigenvalue weighted by Gasteiger charge is 2.32. The van der Waals surface area contributed by atoms with Gasteiger partial charge in [0, 0.05) is 13.1 Å². The van der Waals surface area contributed by atoms with Crippen molar-refractivity contribution in [3.05, 3.63) is 0 Å². The highest BCUT2D eigenvalue weighted by molar-refractivity contribution is 5.86. The quantitative estimate of drug-likeness (QED) is 0.810. The molecule has 1 saturated heterocycles. The predicted octanol–water partition coefficient (Wildman–Crippen LogP) is 1.24. The summed E-state index contributed by atoms with van der Waals surface area (Å²) in [4.78, 5) is 25.3. The van der Waals surface area contributed by atoms with Crippen LogP contribution in [0.5, 0.6) is 0 Å². The number of alkyl carbamates (subject to hydrolysis) is 1. The number of carbonyl (C=O) groups excluding carboxylic acids is 2. The van der Waals surface area contributed by atoms with Crippen molar-refractivity contribution in [2.75, 3.05) is 20.2 Å². The summed E-state index contributed by atoms with van der Waals surface area (Å²) in [5, 5.41) is 2.61. The van der Waals surface area contributed by atoms with Crippen molar-refractivity contribution < 1.29 is 14.3 Å². The Kier molecular flexibility index (Phi) is 4.78. The van der Waals surface area contributed by atoms with Gasteiger partial charge >= 0.3 is 6.09 Å². The minimum Gasteiger partial charge on any atom is -0.453 e. The number of hydrogen-bond acceptors (Lipinski definition) is 3. The lowest BCUT2D eigenvalue weighted by molar-refractivity contribution is -0.133. The zero-order valence-corrected chi connectivity index (χ0v) is 11.0. The second-order valence-electron chi connectivity index (χ2n) is 5.04. The molecule has 2 amide bonds. The van der Waals surface area contributed by atoms with E-state index in [4.69, 9.17) is 0 Å². The Balaban J connectivity index is 2.63. The predicted molar refractivity (Wildman–Crippen MR) is 64.5 cm³/mol. The molecule has 0 bridgehead atoms. The molecule has 1 unspecified atom stereocenters. The van der Waals surface area contributed by atoms with E-state index in [2.05, 4.69) is 17.0 Å². The minimum atomic E-state index is -0.552. The van der Waals surface area contributed by atoms with E-state index in [1.54, 1.807) is 0 Å². The molecule has 0 spiro atoms. The highest BCUT2D eigenvalue weighted by Crippen LogP contribution is 2.17. The van der Waals surface area contributed by atoms with Gasteiger partial charge in [0.25, 0.3) is 0 Å². The summed E-state index contributed by atoms with van der Waals surface area (Å²) in [6.45, 7) is 7.53. The standard InChI is InChI=1S/C12H22N2O3/c1-8(2)10(13-12(16)17-4)11(15)14-6-5-9(3)7-14/h8-10H,5-7H2,1-4H3,(H,13,16)/t9-,10?/m0/s1. The normalized spacial score (nSPS) is 21.5. The Hall–Kier alpha value is -1.26. The van der Waals surface area contributed by atoms with Gasteiger partial charge in [-0.05, 0) is 18.3 Å². The molecule has 1 aliphatic heterocycles. The Labute approximate surface area is 102 Å². The van der Waals surface area contributed by atoms with Crippen LogP contribution < -0.4 is 5.32 Å². The summed E-state index contributed by atoms with van der Waals surface area (Å²) in [6.07, 6.45) is 0.485. The molecule has 17 heavy (non-hydrogen) atoms. The fraction of sp³-hybridized carbons (Fsp3) is 0.833. The van der Waals surface area contributed by atoms with E-state index in [9.17, 15) is 9.59 Å². The maximum absolute atomic E-state index is 12.2. The van der Waals surface area contributed by atoms with E-state index in [1.807, 2.05) is 18.7 Å². The molecule has 0 saturated carbocycles. The molecule has 0 aromatic rings. The van der Waals surface area contributed by atoms with Crippen LogP contribution in [0.4, 0.5) is 4.79 Å². The van der Waals surface area contributed by atoms with Crippen LogP contribution >= 0.6 is 0 Å². The fourth-order valence-electron chi connectivity index (χ4n) is 2.03. The molecule has 0 aromatic carbocycles. The number of methoxy groups -OCH3 is 1. The Bertz CT molecular complexity index is 291. The van der Waals surface area contributed by atoms with Crippen molar-refractivity contribution in [2.24, 2.45) is 11.8 Å². The van der Waals surface area contributed by atoms with Crippen LogP contribution in [-0.4, -0.2) is 43.1 Å². The average Bonchev–Trinajstić information content (AvgIpc) is 2.71. The van der Waals surface area contributed by atoms with Crippen molar-refractivity contribution in [3.63, 3.8) is 0 Å². The van der Waals surface area contributed by atoms with Crippen LogP contribution in [0.2, 0.25) is 0 Å². The topological polar surface area (TPSA) is 58.6 Å². The smallest absolute Gasteiger partial charge is 0.407 e. The number of hydrogen-bond donors (Lipinski definition) is 1. The van der Waals surface area contributed by atoms with Gasteiger partial charge in [-0.3, -0.25) is 4.79 Å². The molecule has 5 nitrogen and oxygen atoms in total. The van der Waals surface area contributed by atoms with Crippen molar-refractivity contribution in [2.45, 2.75) is 33.2 Å². The van der Waals surface area contributed by atoms with Crippen LogP contribution in [-0.2, 0) is 9.53 Å². The maximum Gasteiger partial charge on any atom is 0.407 e.